The fraction of sp³-hybridized carbons (Fsp3) is 0.407. The number of rotatable bonds is 8. The Bertz CT molecular complexity index is 1020. The van der Waals surface area contributed by atoms with Gasteiger partial charge in [0.25, 0.3) is 5.91 Å². The van der Waals surface area contributed by atoms with Crippen LogP contribution in [0.3, 0.4) is 0 Å². The van der Waals surface area contributed by atoms with Gasteiger partial charge in [0.2, 0.25) is 0 Å². The van der Waals surface area contributed by atoms with Crippen molar-refractivity contribution in [2.24, 2.45) is 0 Å². The lowest BCUT2D eigenvalue weighted by Crippen LogP contribution is -2.39. The molecule has 174 valence electrons. The number of hydrogen-bond acceptors (Lipinski definition) is 4. The zero-order chi connectivity index (χ0) is 23.3. The van der Waals surface area contributed by atoms with E-state index in [4.69, 9.17) is 9.47 Å². The van der Waals surface area contributed by atoms with Crippen LogP contribution in [-0.2, 0) is 22.5 Å². The lowest BCUT2D eigenvalue weighted by Gasteiger charge is -2.23. The molecule has 2 aromatic rings. The van der Waals surface area contributed by atoms with Gasteiger partial charge in [-0.15, -0.1) is 0 Å². The number of nitrogens with one attached hydrogen (secondary N) is 1. The third-order valence-corrected chi connectivity index (χ3v) is 6.69. The molecule has 33 heavy (non-hydrogen) atoms. The van der Waals surface area contributed by atoms with E-state index in [9.17, 15) is 14.7 Å². The second kappa shape index (κ2) is 10.2. The van der Waals surface area contributed by atoms with Gasteiger partial charge in [0.1, 0.15) is 5.75 Å². The highest BCUT2D eigenvalue weighted by Gasteiger charge is 2.39. The number of methoxy groups -OCH3 is 1. The Kier molecular flexibility index (Phi) is 7.14. The summed E-state index contributed by atoms with van der Waals surface area (Å²) < 4.78 is 11.0. The van der Waals surface area contributed by atoms with Crippen molar-refractivity contribution in [1.29, 1.82) is 0 Å². The van der Waals surface area contributed by atoms with Crippen LogP contribution in [0.25, 0.3) is 0 Å². The Morgan fingerprint density at radius 1 is 1.12 bits per heavy atom. The summed E-state index contributed by atoms with van der Waals surface area (Å²) >= 11 is 0. The van der Waals surface area contributed by atoms with Gasteiger partial charge in [-0.25, -0.2) is 4.79 Å². The highest BCUT2D eigenvalue weighted by Crippen LogP contribution is 2.32. The lowest BCUT2D eigenvalue weighted by atomic mass is 9.84. The van der Waals surface area contributed by atoms with Crippen LogP contribution in [0.4, 0.5) is 0 Å². The summed E-state index contributed by atoms with van der Waals surface area (Å²) in [6.45, 7) is 0.557. The van der Waals surface area contributed by atoms with Gasteiger partial charge in [-0.05, 0) is 54.2 Å². The molecule has 1 atom stereocenters. The summed E-state index contributed by atoms with van der Waals surface area (Å²) in [6, 6.07) is 13.4. The fourth-order valence-corrected chi connectivity index (χ4v) is 4.81. The van der Waals surface area contributed by atoms with Crippen LogP contribution in [0.5, 0.6) is 5.75 Å². The molecule has 2 N–H and O–H groups in total. The van der Waals surface area contributed by atoms with Gasteiger partial charge in [-0.2, -0.15) is 0 Å². The van der Waals surface area contributed by atoms with Gasteiger partial charge >= 0.3 is 5.97 Å². The molecule has 1 amide bonds. The minimum atomic E-state index is -1.35. The number of carboxylic acid groups (broad SMARTS) is 1. The first-order valence-corrected chi connectivity index (χ1v) is 11.6. The van der Waals surface area contributed by atoms with Crippen LogP contribution in [0, 0.1) is 0 Å². The Morgan fingerprint density at radius 2 is 1.88 bits per heavy atom. The number of amides is 1. The fourth-order valence-electron chi connectivity index (χ4n) is 4.81. The highest BCUT2D eigenvalue weighted by molar-refractivity contribution is 5.94. The first-order chi connectivity index (χ1) is 16.0. The molecule has 1 fully saturated rings. The average molecular weight is 450 g/mol. The summed E-state index contributed by atoms with van der Waals surface area (Å²) in [5, 5.41) is 12.6. The molecule has 1 heterocycles. The molecule has 2 aliphatic rings. The largest absolute Gasteiger partial charge is 0.496 e. The summed E-state index contributed by atoms with van der Waals surface area (Å²) in [4.78, 5) is 24.5. The molecule has 0 aromatic heterocycles. The van der Waals surface area contributed by atoms with E-state index in [0.29, 0.717) is 17.2 Å². The lowest BCUT2D eigenvalue weighted by molar-refractivity contribution is -0.156. The van der Waals surface area contributed by atoms with E-state index in [1.807, 2.05) is 24.3 Å². The van der Waals surface area contributed by atoms with Gasteiger partial charge in [-0.1, -0.05) is 49.6 Å². The van der Waals surface area contributed by atoms with Crippen molar-refractivity contribution in [3.63, 3.8) is 0 Å². The third-order valence-electron chi connectivity index (χ3n) is 6.69. The summed E-state index contributed by atoms with van der Waals surface area (Å²) in [5.74, 6) is 0.0786. The van der Waals surface area contributed by atoms with Crippen molar-refractivity contribution >= 4 is 11.9 Å². The van der Waals surface area contributed by atoms with E-state index in [0.717, 1.165) is 11.1 Å². The molecule has 0 saturated heterocycles. The standard InChI is InChI=1S/C27H31NO5/c1-32-24-13-8-19(17-27(26(30)31)14-5-15-33-27)16-23(24)18-28-25(29)22-11-9-21(10-12-22)20-6-3-2-4-7-20/h5,8-14,16,20H,2-4,6-7,15,17-18H2,1H3,(H,28,29)(H,30,31). The van der Waals surface area contributed by atoms with E-state index >= 15 is 0 Å². The second-order valence-corrected chi connectivity index (χ2v) is 8.87. The van der Waals surface area contributed by atoms with Gasteiger partial charge < -0.3 is 19.9 Å². The van der Waals surface area contributed by atoms with Crippen LogP contribution in [0.2, 0.25) is 0 Å². The summed E-state index contributed by atoms with van der Waals surface area (Å²) in [7, 11) is 1.58. The number of hydrogen-bond donors (Lipinski definition) is 2. The van der Waals surface area contributed by atoms with Gasteiger partial charge in [0.15, 0.2) is 5.60 Å². The number of ether oxygens (including phenoxy) is 2. The number of carboxylic acids is 1. The molecule has 0 radical (unpaired) electrons. The maximum atomic E-state index is 12.8. The van der Waals surface area contributed by atoms with Crippen LogP contribution < -0.4 is 10.1 Å². The zero-order valence-corrected chi connectivity index (χ0v) is 19.0. The van der Waals surface area contributed by atoms with Gasteiger partial charge in [0, 0.05) is 24.1 Å². The van der Waals surface area contributed by atoms with E-state index in [-0.39, 0.29) is 25.5 Å². The molecule has 6 heteroatoms. The second-order valence-electron chi connectivity index (χ2n) is 8.87. The van der Waals surface area contributed by atoms with E-state index in [1.165, 1.54) is 37.7 Å². The number of aliphatic carboxylic acids is 1. The molecule has 4 rings (SSSR count). The average Bonchev–Trinajstić information content (AvgIpc) is 3.33. The smallest absolute Gasteiger partial charge is 0.340 e. The molecule has 0 spiro atoms. The Morgan fingerprint density at radius 3 is 2.52 bits per heavy atom. The third kappa shape index (κ3) is 5.28. The predicted molar refractivity (Wildman–Crippen MR) is 126 cm³/mol. The highest BCUT2D eigenvalue weighted by atomic mass is 16.5. The van der Waals surface area contributed by atoms with E-state index < -0.39 is 11.6 Å². The zero-order valence-electron chi connectivity index (χ0n) is 19.0. The number of carbonyl (C=O) groups is 2. The molecule has 1 aliphatic heterocycles. The monoisotopic (exact) mass is 449 g/mol. The topological polar surface area (TPSA) is 84.9 Å². The van der Waals surface area contributed by atoms with Crippen LogP contribution in [0.15, 0.2) is 54.6 Å². The van der Waals surface area contributed by atoms with Crippen molar-refractivity contribution in [2.45, 2.75) is 56.6 Å². The Hall–Kier alpha value is -3.12. The van der Waals surface area contributed by atoms with Crippen molar-refractivity contribution in [1.82, 2.24) is 5.32 Å². The van der Waals surface area contributed by atoms with Crippen molar-refractivity contribution < 1.29 is 24.2 Å². The number of benzene rings is 2. The molecular formula is C27H31NO5. The minimum absolute atomic E-state index is 0.151. The Balaban J connectivity index is 1.42. The number of carbonyl (C=O) groups excluding carboxylic acids is 1. The van der Waals surface area contributed by atoms with E-state index in [2.05, 4.69) is 17.4 Å². The van der Waals surface area contributed by atoms with Crippen molar-refractivity contribution in [3.8, 4) is 5.75 Å². The Labute approximate surface area is 194 Å². The summed E-state index contributed by atoms with van der Waals surface area (Å²) in [6.07, 6.45) is 9.86. The van der Waals surface area contributed by atoms with Crippen LogP contribution >= 0.6 is 0 Å². The maximum Gasteiger partial charge on any atom is 0.340 e. The minimum Gasteiger partial charge on any atom is -0.496 e. The summed E-state index contributed by atoms with van der Waals surface area (Å²) in [5.41, 5.74) is 2.17. The maximum absolute atomic E-state index is 12.8. The van der Waals surface area contributed by atoms with Crippen LogP contribution in [-0.4, -0.2) is 36.3 Å². The molecule has 0 bridgehead atoms. The molecule has 1 saturated carbocycles. The molecule has 1 aliphatic carbocycles. The molecule has 6 nitrogen and oxygen atoms in total. The normalized spacial score (nSPS) is 20.5. The quantitative estimate of drug-likeness (QED) is 0.574. The first kappa shape index (κ1) is 23.1. The molecule has 1 unspecified atom stereocenters. The predicted octanol–water partition coefficient (Wildman–Crippen LogP) is 4.63. The molecular weight excluding hydrogens is 418 g/mol. The van der Waals surface area contributed by atoms with E-state index in [1.54, 1.807) is 25.3 Å². The molecule has 2 aromatic carbocycles. The first-order valence-electron chi connectivity index (χ1n) is 11.6. The van der Waals surface area contributed by atoms with Crippen LogP contribution in [0.1, 0.15) is 65.1 Å². The SMILES string of the molecule is COc1ccc(CC2(C(=O)O)C=CCO2)cc1CNC(=O)c1ccc(C2CCCCC2)cc1. The van der Waals surface area contributed by atoms with Gasteiger partial charge in [-0.3, -0.25) is 4.79 Å². The van der Waals surface area contributed by atoms with Crippen molar-refractivity contribution in [3.05, 3.63) is 76.9 Å². The van der Waals surface area contributed by atoms with Crippen molar-refractivity contribution in [2.75, 3.05) is 13.7 Å². The van der Waals surface area contributed by atoms with Gasteiger partial charge in [0.05, 0.1) is 13.7 Å².